The van der Waals surface area contributed by atoms with Crippen molar-refractivity contribution in [1.29, 1.82) is 0 Å². The van der Waals surface area contributed by atoms with Crippen molar-refractivity contribution >= 4 is 5.91 Å². The van der Waals surface area contributed by atoms with Crippen LogP contribution in [-0.4, -0.2) is 72.1 Å². The minimum Gasteiger partial charge on any atom is -0.359 e. The third-order valence-electron chi connectivity index (χ3n) is 4.46. The molecular formula is C17H30N4O2. The van der Waals surface area contributed by atoms with E-state index in [9.17, 15) is 4.79 Å². The largest absolute Gasteiger partial charge is 0.359 e. The second-order valence-electron chi connectivity index (χ2n) is 6.80. The summed E-state index contributed by atoms with van der Waals surface area (Å²) in [7, 11) is 1.82. The highest BCUT2D eigenvalue weighted by atomic mass is 16.5. The topological polar surface area (TPSA) is 52.8 Å². The molecule has 6 nitrogen and oxygen atoms in total. The maximum atomic E-state index is 12.3. The summed E-state index contributed by atoms with van der Waals surface area (Å²) in [6.07, 6.45) is 0.995. The van der Waals surface area contributed by atoms with Crippen molar-refractivity contribution in [1.82, 2.24) is 19.9 Å². The zero-order valence-corrected chi connectivity index (χ0v) is 14.9. The van der Waals surface area contributed by atoms with E-state index in [2.05, 4.69) is 35.7 Å². The van der Waals surface area contributed by atoms with Gasteiger partial charge in [-0.05, 0) is 18.9 Å². The minimum absolute atomic E-state index is 0.0588. The summed E-state index contributed by atoms with van der Waals surface area (Å²) in [6, 6.07) is 1.79. The van der Waals surface area contributed by atoms with Gasteiger partial charge < -0.3 is 14.3 Å². The molecule has 2 heterocycles. The minimum atomic E-state index is -0.0588. The highest BCUT2D eigenvalue weighted by Gasteiger charge is 2.20. The average Bonchev–Trinajstić information content (AvgIpc) is 3.01. The van der Waals surface area contributed by atoms with Crippen LogP contribution in [-0.2, 0) is 6.54 Å². The van der Waals surface area contributed by atoms with E-state index in [0.717, 1.165) is 58.0 Å². The molecule has 0 unspecified atom stereocenters. The number of aromatic nitrogens is 1. The third-order valence-corrected chi connectivity index (χ3v) is 4.46. The summed E-state index contributed by atoms with van der Waals surface area (Å²) in [5.74, 6) is 1.30. The van der Waals surface area contributed by atoms with Crippen LogP contribution >= 0.6 is 0 Å². The van der Waals surface area contributed by atoms with E-state index in [1.807, 2.05) is 7.05 Å². The summed E-state index contributed by atoms with van der Waals surface area (Å²) in [5, 5.41) is 3.96. The number of hydrogen-bond acceptors (Lipinski definition) is 5. The zero-order valence-electron chi connectivity index (χ0n) is 14.9. The molecule has 1 aromatic rings. The molecule has 2 rings (SSSR count). The van der Waals surface area contributed by atoms with Crippen LogP contribution in [0.4, 0.5) is 0 Å². The summed E-state index contributed by atoms with van der Waals surface area (Å²) < 4.78 is 5.36. The molecule has 6 heteroatoms. The normalized spacial score (nSPS) is 16.9. The van der Waals surface area contributed by atoms with Crippen molar-refractivity contribution in [2.45, 2.75) is 33.7 Å². The van der Waals surface area contributed by atoms with Gasteiger partial charge in [0, 0.05) is 45.8 Å². The van der Waals surface area contributed by atoms with Crippen molar-refractivity contribution in [3.63, 3.8) is 0 Å². The Labute approximate surface area is 139 Å². The number of piperazine rings is 1. The molecule has 23 heavy (non-hydrogen) atoms. The first-order valence-electron chi connectivity index (χ1n) is 8.65. The first-order chi connectivity index (χ1) is 11.0. The Hall–Kier alpha value is -1.40. The molecule has 0 saturated carbocycles. The number of hydrogen-bond donors (Lipinski definition) is 0. The quantitative estimate of drug-likeness (QED) is 0.768. The highest BCUT2D eigenvalue weighted by molar-refractivity contribution is 5.92. The molecule has 0 aliphatic carbocycles. The van der Waals surface area contributed by atoms with Crippen LogP contribution in [0.25, 0.3) is 0 Å². The Kier molecular flexibility index (Phi) is 6.59. The molecule has 1 fully saturated rings. The molecule has 1 aliphatic rings. The molecule has 1 aliphatic heterocycles. The first kappa shape index (κ1) is 17.9. The van der Waals surface area contributed by atoms with Gasteiger partial charge in [0.15, 0.2) is 11.5 Å². The van der Waals surface area contributed by atoms with E-state index in [4.69, 9.17) is 4.52 Å². The van der Waals surface area contributed by atoms with Gasteiger partial charge in [-0.1, -0.05) is 25.9 Å². The Bertz CT molecular complexity index is 493. The Morgan fingerprint density at radius 3 is 2.57 bits per heavy atom. The Balaban J connectivity index is 1.84. The van der Waals surface area contributed by atoms with Crippen molar-refractivity contribution in [2.75, 3.05) is 46.3 Å². The van der Waals surface area contributed by atoms with Crippen LogP contribution in [0.15, 0.2) is 10.6 Å². The molecule has 0 N–H and O–H groups in total. The number of likely N-dealkylation sites (N-methyl/N-ethyl adjacent to an activating group) is 1. The first-order valence-corrected chi connectivity index (χ1v) is 8.65. The van der Waals surface area contributed by atoms with Crippen molar-refractivity contribution in [2.24, 2.45) is 5.92 Å². The second-order valence-corrected chi connectivity index (χ2v) is 6.80. The van der Waals surface area contributed by atoms with Crippen LogP contribution in [0, 0.1) is 5.92 Å². The van der Waals surface area contributed by atoms with Gasteiger partial charge in [-0.2, -0.15) is 0 Å². The Morgan fingerprint density at radius 2 is 1.96 bits per heavy atom. The summed E-state index contributed by atoms with van der Waals surface area (Å²) in [6.45, 7) is 13.3. The standard InChI is InChI=1S/C17H30N4O2/c1-5-20-8-10-21(11-9-20)13-15-12-16(18-23-15)17(22)19(4)7-6-14(2)3/h12,14H,5-11,13H2,1-4H3. The maximum absolute atomic E-state index is 12.3. The van der Waals surface area contributed by atoms with E-state index < -0.39 is 0 Å². The lowest BCUT2D eigenvalue weighted by atomic mass is 10.1. The summed E-state index contributed by atoms with van der Waals surface area (Å²) in [4.78, 5) is 18.8. The maximum Gasteiger partial charge on any atom is 0.275 e. The van der Waals surface area contributed by atoms with Gasteiger partial charge in [0.05, 0.1) is 6.54 Å². The smallest absolute Gasteiger partial charge is 0.275 e. The van der Waals surface area contributed by atoms with Gasteiger partial charge in [0.2, 0.25) is 0 Å². The van der Waals surface area contributed by atoms with Crippen LogP contribution in [0.3, 0.4) is 0 Å². The summed E-state index contributed by atoms with van der Waals surface area (Å²) >= 11 is 0. The van der Waals surface area contributed by atoms with Crippen molar-refractivity contribution in [3.05, 3.63) is 17.5 Å². The highest BCUT2D eigenvalue weighted by Crippen LogP contribution is 2.12. The average molecular weight is 322 g/mol. The molecule has 0 atom stereocenters. The van der Waals surface area contributed by atoms with Crippen LogP contribution in [0.5, 0.6) is 0 Å². The Morgan fingerprint density at radius 1 is 1.30 bits per heavy atom. The SMILES string of the molecule is CCN1CCN(Cc2cc(C(=O)N(C)CCC(C)C)no2)CC1. The molecule has 0 bridgehead atoms. The lowest BCUT2D eigenvalue weighted by molar-refractivity contribution is 0.0778. The fraction of sp³-hybridized carbons (Fsp3) is 0.765. The molecule has 1 saturated heterocycles. The van der Waals surface area contributed by atoms with Crippen LogP contribution < -0.4 is 0 Å². The van der Waals surface area contributed by atoms with Gasteiger partial charge in [0.25, 0.3) is 5.91 Å². The fourth-order valence-electron chi connectivity index (χ4n) is 2.72. The van der Waals surface area contributed by atoms with E-state index in [1.54, 1.807) is 11.0 Å². The predicted molar refractivity (Wildman–Crippen MR) is 90.3 cm³/mol. The third kappa shape index (κ3) is 5.32. The van der Waals surface area contributed by atoms with Crippen LogP contribution in [0.1, 0.15) is 43.4 Å². The van der Waals surface area contributed by atoms with Crippen LogP contribution in [0.2, 0.25) is 0 Å². The lowest BCUT2D eigenvalue weighted by Crippen LogP contribution is -2.45. The zero-order chi connectivity index (χ0) is 16.8. The number of carbonyl (C=O) groups excluding carboxylic acids is 1. The van der Waals surface area contributed by atoms with E-state index in [1.165, 1.54) is 0 Å². The number of amides is 1. The number of rotatable bonds is 7. The molecule has 0 radical (unpaired) electrons. The number of carbonyl (C=O) groups is 1. The van der Waals surface area contributed by atoms with Gasteiger partial charge in [-0.15, -0.1) is 0 Å². The van der Waals surface area contributed by atoms with Gasteiger partial charge >= 0.3 is 0 Å². The molecule has 130 valence electrons. The van der Waals surface area contributed by atoms with E-state index in [-0.39, 0.29) is 5.91 Å². The monoisotopic (exact) mass is 322 g/mol. The lowest BCUT2D eigenvalue weighted by Gasteiger charge is -2.33. The molecule has 1 aromatic heterocycles. The molecule has 1 amide bonds. The van der Waals surface area contributed by atoms with Crippen molar-refractivity contribution < 1.29 is 9.32 Å². The van der Waals surface area contributed by atoms with Gasteiger partial charge in [-0.3, -0.25) is 9.69 Å². The number of nitrogens with zero attached hydrogens (tertiary/aromatic N) is 4. The van der Waals surface area contributed by atoms with Gasteiger partial charge in [0.1, 0.15) is 0 Å². The van der Waals surface area contributed by atoms with Gasteiger partial charge in [-0.25, -0.2) is 0 Å². The molecular weight excluding hydrogens is 292 g/mol. The molecule has 0 spiro atoms. The van der Waals surface area contributed by atoms with Crippen molar-refractivity contribution in [3.8, 4) is 0 Å². The summed E-state index contributed by atoms with van der Waals surface area (Å²) in [5.41, 5.74) is 0.415. The fourth-order valence-corrected chi connectivity index (χ4v) is 2.72. The second kappa shape index (κ2) is 8.45. The predicted octanol–water partition coefficient (Wildman–Crippen LogP) is 1.93. The van der Waals surface area contributed by atoms with E-state index in [0.29, 0.717) is 11.6 Å². The molecule has 0 aromatic carbocycles. The van der Waals surface area contributed by atoms with E-state index >= 15 is 0 Å².